The molecule has 2 aromatic carbocycles. The number of ether oxygens (including phenoxy) is 1. The molecule has 206 valence electrons. The van der Waals surface area contributed by atoms with Gasteiger partial charge in [0.25, 0.3) is 15.6 Å². The van der Waals surface area contributed by atoms with Gasteiger partial charge in [-0.15, -0.1) is 0 Å². The maximum atomic E-state index is 13.4. The number of para-hydroxylation sites is 1. The van der Waals surface area contributed by atoms with Gasteiger partial charge in [-0.25, -0.2) is 18.0 Å². The number of hydrogen-bond donors (Lipinski definition) is 1. The predicted molar refractivity (Wildman–Crippen MR) is 146 cm³/mol. The van der Waals surface area contributed by atoms with E-state index in [0.717, 1.165) is 20.8 Å². The number of hydrogen-bond acceptors (Lipinski definition) is 8. The lowest BCUT2D eigenvalue weighted by Gasteiger charge is -2.20. The number of anilines is 2. The van der Waals surface area contributed by atoms with Crippen LogP contribution in [0.4, 0.5) is 11.5 Å². The lowest BCUT2D eigenvalue weighted by molar-refractivity contribution is 0.0474. The molecule has 0 atom stereocenters. The molecule has 0 bridgehead atoms. The van der Waals surface area contributed by atoms with Crippen molar-refractivity contribution in [1.29, 1.82) is 0 Å². The highest BCUT2D eigenvalue weighted by Gasteiger charge is 2.33. The first-order chi connectivity index (χ1) is 18.3. The number of carbonyl (C=O) groups excluding carboxylic acids is 2. The van der Waals surface area contributed by atoms with Crippen molar-refractivity contribution in [3.8, 4) is 0 Å². The summed E-state index contributed by atoms with van der Waals surface area (Å²) in [6.45, 7) is 3.20. The first-order valence-corrected chi connectivity index (χ1v) is 13.9. The maximum Gasteiger partial charge on any atom is 0.338 e. The van der Waals surface area contributed by atoms with Crippen LogP contribution in [0.3, 0.4) is 0 Å². The van der Waals surface area contributed by atoms with Crippen molar-refractivity contribution in [2.75, 3.05) is 23.2 Å². The van der Waals surface area contributed by atoms with E-state index >= 15 is 0 Å². The fourth-order valence-corrected chi connectivity index (χ4v) is 6.38. The molecule has 1 aliphatic heterocycles. The Morgan fingerprint density at radius 3 is 2.51 bits per heavy atom. The van der Waals surface area contributed by atoms with Gasteiger partial charge in [-0.2, -0.15) is 0 Å². The van der Waals surface area contributed by atoms with Crippen LogP contribution in [-0.4, -0.2) is 42.5 Å². The van der Waals surface area contributed by atoms with Gasteiger partial charge in [0, 0.05) is 20.1 Å². The molecule has 3 aromatic rings. The molecular weight excluding hydrogens is 548 g/mol. The molecule has 1 aliphatic rings. The number of halogens is 1. The topological polar surface area (TPSA) is 151 Å². The highest BCUT2D eigenvalue weighted by molar-refractivity contribution is 7.93. The van der Waals surface area contributed by atoms with Gasteiger partial charge in [-0.3, -0.25) is 23.0 Å². The van der Waals surface area contributed by atoms with Crippen molar-refractivity contribution in [2.45, 2.75) is 31.7 Å². The summed E-state index contributed by atoms with van der Waals surface area (Å²) in [5.74, 6) is -2.24. The summed E-state index contributed by atoms with van der Waals surface area (Å²) in [6.07, 6.45) is 0.532. The number of nitrogens with zero attached hydrogens (tertiary/aromatic N) is 3. The fourth-order valence-electron chi connectivity index (χ4n) is 4.38. The van der Waals surface area contributed by atoms with E-state index in [1.807, 2.05) is 26.0 Å². The van der Waals surface area contributed by atoms with E-state index in [1.165, 1.54) is 23.5 Å². The van der Waals surface area contributed by atoms with Crippen LogP contribution >= 0.6 is 11.6 Å². The minimum absolute atomic E-state index is 0.00676. The molecule has 0 radical (unpaired) electrons. The monoisotopic (exact) mass is 574 g/mol. The van der Waals surface area contributed by atoms with Crippen molar-refractivity contribution in [3.05, 3.63) is 85.0 Å². The molecule has 11 nitrogen and oxygen atoms in total. The van der Waals surface area contributed by atoms with E-state index in [9.17, 15) is 27.6 Å². The predicted octanol–water partition coefficient (Wildman–Crippen LogP) is 2.23. The number of aromatic nitrogens is 2. The van der Waals surface area contributed by atoms with Crippen molar-refractivity contribution >= 4 is 44.9 Å². The van der Waals surface area contributed by atoms with E-state index in [4.69, 9.17) is 22.1 Å². The highest BCUT2D eigenvalue weighted by atomic mass is 35.5. The van der Waals surface area contributed by atoms with Gasteiger partial charge in [0.15, 0.2) is 6.61 Å². The number of benzene rings is 2. The molecule has 2 heterocycles. The number of Topliss-reactive ketones (excluding diaryl/α,β-unsaturated/α-hetero) is 1. The molecule has 4 rings (SSSR count). The van der Waals surface area contributed by atoms with Gasteiger partial charge in [0.2, 0.25) is 5.78 Å². The van der Waals surface area contributed by atoms with Gasteiger partial charge in [-0.1, -0.05) is 43.6 Å². The average Bonchev–Trinajstić information content (AvgIpc) is 3.34. The van der Waals surface area contributed by atoms with E-state index in [2.05, 4.69) is 0 Å². The van der Waals surface area contributed by atoms with E-state index in [0.29, 0.717) is 12.1 Å². The second-order valence-electron chi connectivity index (χ2n) is 9.51. The normalized spacial score (nSPS) is 13.0. The molecule has 0 spiro atoms. The second kappa shape index (κ2) is 10.7. The summed E-state index contributed by atoms with van der Waals surface area (Å²) in [4.78, 5) is 50.5. The van der Waals surface area contributed by atoms with Gasteiger partial charge < -0.3 is 10.5 Å². The Bertz CT molecular complexity index is 1710. The maximum absolute atomic E-state index is 13.4. The fraction of sp³-hybridized carbons (Fsp3) is 0.308. The largest absolute Gasteiger partial charge is 0.454 e. The summed E-state index contributed by atoms with van der Waals surface area (Å²) in [5.41, 5.74) is 5.18. The first kappa shape index (κ1) is 28.1. The molecule has 2 N–H and O–H groups in total. The summed E-state index contributed by atoms with van der Waals surface area (Å²) >= 11 is 6.22. The summed E-state index contributed by atoms with van der Waals surface area (Å²) < 4.78 is 35.1. The lowest BCUT2D eigenvalue weighted by atomic mass is 10.1. The molecule has 0 amide bonds. The van der Waals surface area contributed by atoms with Crippen LogP contribution in [-0.2, 0) is 34.8 Å². The number of nitrogens with two attached hydrogens (primary N) is 1. The Morgan fingerprint density at radius 1 is 1.13 bits per heavy atom. The average molecular weight is 575 g/mol. The Morgan fingerprint density at radius 2 is 1.82 bits per heavy atom. The van der Waals surface area contributed by atoms with Crippen molar-refractivity contribution < 1.29 is 22.7 Å². The minimum Gasteiger partial charge on any atom is -0.454 e. The van der Waals surface area contributed by atoms with Crippen LogP contribution < -0.4 is 21.3 Å². The number of ketones is 1. The SMILES string of the molecule is CC(C)Cn1c(N)c(C(=O)COC(=O)c2ccc(Cl)c(S(=O)(=O)N3CCc4ccccc43)c2)c(=O)n(C)c1=O. The summed E-state index contributed by atoms with van der Waals surface area (Å²) in [5, 5.41) is -0.0873. The Labute approximate surface area is 229 Å². The van der Waals surface area contributed by atoms with Crippen LogP contribution in [0.5, 0.6) is 0 Å². The van der Waals surface area contributed by atoms with Crippen molar-refractivity contribution in [3.63, 3.8) is 0 Å². The Kier molecular flexibility index (Phi) is 7.71. The molecule has 0 saturated carbocycles. The van der Waals surface area contributed by atoms with Crippen LogP contribution in [0, 0.1) is 5.92 Å². The van der Waals surface area contributed by atoms with Crippen molar-refractivity contribution in [2.24, 2.45) is 13.0 Å². The molecular formula is C26H27ClN4O7S. The summed E-state index contributed by atoms with van der Waals surface area (Å²) in [6, 6.07) is 10.7. The number of carbonyl (C=O) groups is 2. The lowest BCUT2D eigenvalue weighted by Crippen LogP contribution is -2.43. The number of rotatable bonds is 8. The van der Waals surface area contributed by atoms with E-state index < -0.39 is 45.2 Å². The van der Waals surface area contributed by atoms with Crippen LogP contribution in [0.1, 0.15) is 40.1 Å². The second-order valence-corrected chi connectivity index (χ2v) is 11.7. The van der Waals surface area contributed by atoms with Crippen LogP contribution in [0.2, 0.25) is 5.02 Å². The first-order valence-electron chi connectivity index (χ1n) is 12.0. The molecule has 39 heavy (non-hydrogen) atoms. The van der Waals surface area contributed by atoms with Gasteiger partial charge in [0.05, 0.1) is 16.3 Å². The molecule has 0 fully saturated rings. The Hall–Kier alpha value is -3.90. The van der Waals surface area contributed by atoms with E-state index in [1.54, 1.807) is 12.1 Å². The third-order valence-corrected chi connectivity index (χ3v) is 8.62. The number of fused-ring (bicyclic) bond motifs is 1. The van der Waals surface area contributed by atoms with Gasteiger partial charge in [0.1, 0.15) is 16.3 Å². The van der Waals surface area contributed by atoms with Crippen molar-refractivity contribution in [1.82, 2.24) is 9.13 Å². The number of esters is 1. The molecule has 0 aliphatic carbocycles. The third kappa shape index (κ3) is 5.21. The number of sulfonamides is 1. The van der Waals surface area contributed by atoms with E-state index in [-0.39, 0.29) is 40.3 Å². The summed E-state index contributed by atoms with van der Waals surface area (Å²) in [7, 11) is -2.89. The number of nitrogen functional groups attached to an aromatic ring is 1. The Balaban J connectivity index is 1.58. The molecule has 1 aromatic heterocycles. The zero-order valence-corrected chi connectivity index (χ0v) is 23.1. The van der Waals surface area contributed by atoms with Crippen LogP contribution in [0.25, 0.3) is 0 Å². The molecule has 0 saturated heterocycles. The minimum atomic E-state index is -4.11. The molecule has 0 unspecified atom stereocenters. The zero-order chi connectivity index (χ0) is 28.6. The van der Waals surface area contributed by atoms with Gasteiger partial charge in [-0.05, 0) is 42.2 Å². The zero-order valence-electron chi connectivity index (χ0n) is 21.5. The van der Waals surface area contributed by atoms with Crippen LogP contribution in [0.15, 0.2) is 56.9 Å². The highest BCUT2D eigenvalue weighted by Crippen LogP contribution is 2.35. The standard InChI is InChI=1S/C26H27ClN4O7S/c1-15(2)13-30-23(28)22(24(33)29(3)26(30)35)20(32)14-38-25(34)17-8-9-18(27)21(12-17)39(36,37)31-11-10-16-6-4-5-7-19(16)31/h4-9,12,15H,10-11,13-14,28H2,1-3H3. The van der Waals surface area contributed by atoms with Gasteiger partial charge >= 0.3 is 11.7 Å². The third-order valence-electron chi connectivity index (χ3n) is 6.32. The quantitative estimate of drug-likeness (QED) is 0.318. The molecule has 13 heteroatoms. The smallest absolute Gasteiger partial charge is 0.338 e.